The molecule has 0 aliphatic carbocycles. The van der Waals surface area contributed by atoms with Gasteiger partial charge in [-0.3, -0.25) is 4.98 Å². The summed E-state index contributed by atoms with van der Waals surface area (Å²) in [5.74, 6) is 0. The summed E-state index contributed by atoms with van der Waals surface area (Å²) < 4.78 is 8.25. The van der Waals surface area contributed by atoms with Crippen LogP contribution in [0.5, 0.6) is 0 Å². The molecule has 0 saturated carbocycles. The van der Waals surface area contributed by atoms with E-state index < -0.39 is 0 Å². The Labute approximate surface area is 199 Å². The van der Waals surface area contributed by atoms with Crippen molar-refractivity contribution in [1.29, 1.82) is 0 Å². The third-order valence-corrected chi connectivity index (χ3v) is 7.10. The first kappa shape index (κ1) is 21.4. The molecule has 0 spiro atoms. The summed E-state index contributed by atoms with van der Waals surface area (Å²) in [6.45, 7) is 5.94. The molecule has 4 heterocycles. The van der Waals surface area contributed by atoms with E-state index in [2.05, 4.69) is 57.9 Å². The largest absolute Gasteiger partial charge is 0.376 e. The summed E-state index contributed by atoms with van der Waals surface area (Å²) in [5.41, 5.74) is 5.71. The standard InChI is InChI=1S/C25H27ClN4OS/c1-16-14-21(17(2)30(16)19-10-8-18(26)9-11-19)24-23(22-7-3-4-12-27-22)28-25(32)29(24)15-20-6-5-13-31-20/h3-4,7-12,14,20,23-24H,5-6,13,15H2,1-2H3,(H,28,32)/t20-,23+,24-/m0/s1. The van der Waals surface area contributed by atoms with E-state index in [4.69, 9.17) is 28.6 Å². The number of nitrogens with zero attached hydrogens (tertiary/aromatic N) is 3. The minimum absolute atomic E-state index is 0.0238. The molecule has 2 fully saturated rings. The zero-order chi connectivity index (χ0) is 22.2. The Hall–Kier alpha value is -2.41. The molecular formula is C25H27ClN4OS. The van der Waals surface area contributed by atoms with Crippen LogP contribution in [-0.2, 0) is 4.74 Å². The average molecular weight is 467 g/mol. The molecule has 7 heteroatoms. The topological polar surface area (TPSA) is 42.3 Å². The quantitative estimate of drug-likeness (QED) is 0.517. The summed E-state index contributed by atoms with van der Waals surface area (Å²) in [6, 6.07) is 16.3. The maximum absolute atomic E-state index is 6.13. The monoisotopic (exact) mass is 466 g/mol. The van der Waals surface area contributed by atoms with Gasteiger partial charge in [-0.1, -0.05) is 17.7 Å². The van der Waals surface area contributed by atoms with E-state index >= 15 is 0 Å². The fourth-order valence-electron chi connectivity index (χ4n) is 5.02. The van der Waals surface area contributed by atoms with Crippen molar-refractivity contribution in [3.05, 3.63) is 82.4 Å². The molecule has 2 aliphatic heterocycles. The summed E-state index contributed by atoms with van der Waals surface area (Å²) in [5, 5.41) is 5.06. The minimum Gasteiger partial charge on any atom is -0.376 e. The number of aromatic nitrogens is 2. The highest BCUT2D eigenvalue weighted by atomic mass is 35.5. The van der Waals surface area contributed by atoms with E-state index in [1.54, 1.807) is 0 Å². The van der Waals surface area contributed by atoms with Crippen LogP contribution in [0.25, 0.3) is 5.69 Å². The highest BCUT2D eigenvalue weighted by molar-refractivity contribution is 7.80. The number of pyridine rings is 1. The van der Waals surface area contributed by atoms with E-state index in [0.29, 0.717) is 0 Å². The SMILES string of the molecule is Cc1cc([C@H]2[C@@H](c3ccccn3)NC(=S)N2C[C@@H]2CCCO2)c(C)n1-c1ccc(Cl)cc1. The summed E-state index contributed by atoms with van der Waals surface area (Å²) in [7, 11) is 0. The van der Waals surface area contributed by atoms with E-state index in [0.717, 1.165) is 47.5 Å². The lowest BCUT2D eigenvalue weighted by molar-refractivity contribution is 0.0842. The molecule has 2 saturated heterocycles. The Balaban J connectivity index is 1.58. The number of hydrogen-bond acceptors (Lipinski definition) is 3. The van der Waals surface area contributed by atoms with E-state index in [1.165, 1.54) is 17.0 Å². The van der Waals surface area contributed by atoms with Gasteiger partial charge in [0.2, 0.25) is 0 Å². The van der Waals surface area contributed by atoms with Crippen molar-refractivity contribution in [2.75, 3.05) is 13.2 Å². The fraction of sp³-hybridized carbons (Fsp3) is 0.360. The molecule has 32 heavy (non-hydrogen) atoms. The van der Waals surface area contributed by atoms with Gasteiger partial charge in [0.1, 0.15) is 0 Å². The number of rotatable bonds is 5. The number of nitrogens with one attached hydrogen (secondary N) is 1. The van der Waals surface area contributed by atoms with Crippen molar-refractivity contribution in [1.82, 2.24) is 19.8 Å². The maximum atomic E-state index is 6.13. The Morgan fingerprint density at radius 3 is 2.69 bits per heavy atom. The molecule has 5 nitrogen and oxygen atoms in total. The second-order valence-corrected chi connectivity index (χ2v) is 9.38. The molecule has 0 unspecified atom stereocenters. The van der Waals surface area contributed by atoms with Crippen LogP contribution >= 0.6 is 23.8 Å². The van der Waals surface area contributed by atoms with Crippen LogP contribution in [-0.4, -0.2) is 38.8 Å². The normalized spacial score (nSPS) is 23.0. The molecule has 0 bridgehead atoms. The van der Waals surface area contributed by atoms with Crippen LogP contribution in [0.1, 0.15) is 47.6 Å². The first-order chi connectivity index (χ1) is 15.5. The van der Waals surface area contributed by atoms with Gasteiger partial charge in [-0.15, -0.1) is 0 Å². The zero-order valence-electron chi connectivity index (χ0n) is 18.3. The number of aryl methyl sites for hydroxylation is 1. The van der Waals surface area contributed by atoms with Gasteiger partial charge in [0.05, 0.1) is 23.9 Å². The van der Waals surface area contributed by atoms with Gasteiger partial charge in [0.25, 0.3) is 0 Å². The zero-order valence-corrected chi connectivity index (χ0v) is 19.9. The first-order valence-corrected chi connectivity index (χ1v) is 11.9. The van der Waals surface area contributed by atoms with Crippen molar-refractivity contribution in [3.8, 4) is 5.69 Å². The Morgan fingerprint density at radius 1 is 1.19 bits per heavy atom. The van der Waals surface area contributed by atoms with Gasteiger partial charge >= 0.3 is 0 Å². The van der Waals surface area contributed by atoms with Crippen LogP contribution in [0.4, 0.5) is 0 Å². The molecule has 1 aromatic carbocycles. The van der Waals surface area contributed by atoms with Crippen molar-refractivity contribution in [2.45, 2.75) is 44.9 Å². The summed E-state index contributed by atoms with van der Waals surface area (Å²) in [6.07, 6.45) is 4.23. The molecule has 2 aliphatic rings. The van der Waals surface area contributed by atoms with E-state index in [1.807, 2.05) is 30.5 Å². The highest BCUT2D eigenvalue weighted by Gasteiger charge is 2.42. The molecule has 0 radical (unpaired) electrons. The van der Waals surface area contributed by atoms with Crippen molar-refractivity contribution < 1.29 is 4.74 Å². The molecule has 2 aromatic heterocycles. The van der Waals surface area contributed by atoms with Crippen LogP contribution in [0.15, 0.2) is 54.7 Å². The lowest BCUT2D eigenvalue weighted by atomic mass is 9.96. The molecule has 0 amide bonds. The van der Waals surface area contributed by atoms with Crippen molar-refractivity contribution in [3.63, 3.8) is 0 Å². The molecule has 1 N–H and O–H groups in total. The first-order valence-electron chi connectivity index (χ1n) is 11.1. The molecule has 3 atom stereocenters. The van der Waals surface area contributed by atoms with Gasteiger partial charge in [0.15, 0.2) is 5.11 Å². The minimum atomic E-state index is -0.0238. The number of hydrogen-bond donors (Lipinski definition) is 1. The lowest BCUT2D eigenvalue weighted by Gasteiger charge is -2.30. The third kappa shape index (κ3) is 3.91. The fourth-order valence-corrected chi connectivity index (χ4v) is 5.46. The number of benzene rings is 1. The predicted molar refractivity (Wildman–Crippen MR) is 131 cm³/mol. The van der Waals surface area contributed by atoms with Crippen molar-refractivity contribution >= 4 is 28.9 Å². The molecule has 166 valence electrons. The molecule has 5 rings (SSSR count). The van der Waals surface area contributed by atoms with Gasteiger partial charge in [-0.25, -0.2) is 0 Å². The van der Waals surface area contributed by atoms with Crippen molar-refractivity contribution in [2.24, 2.45) is 0 Å². The molecule has 3 aromatic rings. The third-order valence-electron chi connectivity index (χ3n) is 6.50. The second-order valence-electron chi connectivity index (χ2n) is 8.55. The van der Waals surface area contributed by atoms with Gasteiger partial charge in [-0.05, 0) is 86.9 Å². The van der Waals surface area contributed by atoms with E-state index in [9.17, 15) is 0 Å². The predicted octanol–water partition coefficient (Wildman–Crippen LogP) is 5.29. The number of halogens is 1. The Kier molecular flexibility index (Phi) is 5.93. The summed E-state index contributed by atoms with van der Waals surface area (Å²) in [4.78, 5) is 6.97. The molecular weight excluding hydrogens is 440 g/mol. The second kappa shape index (κ2) is 8.85. The van der Waals surface area contributed by atoms with Gasteiger partial charge in [0, 0.05) is 41.4 Å². The van der Waals surface area contributed by atoms with E-state index in [-0.39, 0.29) is 18.2 Å². The highest BCUT2D eigenvalue weighted by Crippen LogP contribution is 2.42. The van der Waals surface area contributed by atoms with Crippen LogP contribution in [0.2, 0.25) is 5.02 Å². The Morgan fingerprint density at radius 2 is 2.00 bits per heavy atom. The van der Waals surface area contributed by atoms with Crippen LogP contribution < -0.4 is 5.32 Å². The smallest absolute Gasteiger partial charge is 0.170 e. The van der Waals surface area contributed by atoms with Gasteiger partial charge in [-0.2, -0.15) is 0 Å². The Bertz CT molecular complexity index is 1110. The number of ether oxygens (including phenoxy) is 1. The van der Waals surface area contributed by atoms with Crippen LogP contribution in [0.3, 0.4) is 0 Å². The summed E-state index contributed by atoms with van der Waals surface area (Å²) >= 11 is 12.0. The van der Waals surface area contributed by atoms with Crippen LogP contribution in [0, 0.1) is 13.8 Å². The lowest BCUT2D eigenvalue weighted by Crippen LogP contribution is -2.36. The van der Waals surface area contributed by atoms with Gasteiger partial charge < -0.3 is 19.5 Å². The average Bonchev–Trinajstić information content (AvgIpc) is 3.49. The number of thiocarbonyl (C=S) groups is 1. The maximum Gasteiger partial charge on any atom is 0.170 e.